The highest BCUT2D eigenvalue weighted by Gasteiger charge is 2.35. The molecule has 22 heavy (non-hydrogen) atoms. The summed E-state index contributed by atoms with van der Waals surface area (Å²) in [5, 5.41) is 0. The maximum Gasteiger partial charge on any atom is 0.316 e. The molecule has 1 atom stereocenters. The zero-order valence-corrected chi connectivity index (χ0v) is 12.6. The van der Waals surface area contributed by atoms with Gasteiger partial charge in [-0.2, -0.15) is 0 Å². The van der Waals surface area contributed by atoms with Crippen molar-refractivity contribution in [3.63, 3.8) is 0 Å². The normalized spacial score (nSPS) is 18.2. The Morgan fingerprint density at radius 1 is 1.41 bits per heavy atom. The first-order valence-corrected chi connectivity index (χ1v) is 7.18. The van der Waals surface area contributed by atoms with Crippen LogP contribution in [0.2, 0.25) is 0 Å². The molecule has 1 aromatic rings. The third kappa shape index (κ3) is 3.32. The molecule has 2 rings (SSSR count). The molecule has 0 aliphatic carbocycles. The van der Waals surface area contributed by atoms with E-state index in [0.717, 1.165) is 0 Å². The zero-order chi connectivity index (χ0) is 16.3. The molecule has 1 aromatic carbocycles. The molecule has 1 aliphatic heterocycles. The van der Waals surface area contributed by atoms with Crippen molar-refractivity contribution in [3.05, 3.63) is 35.1 Å². The van der Waals surface area contributed by atoms with E-state index < -0.39 is 11.9 Å². The number of nitrogens with zero attached hydrogens (tertiary/aromatic N) is 1. The van der Waals surface area contributed by atoms with Gasteiger partial charge in [-0.05, 0) is 44.0 Å². The lowest BCUT2D eigenvalue weighted by Gasteiger charge is -2.30. The molecule has 6 heteroatoms. The number of ketones is 1. The molecule has 0 radical (unpaired) electrons. The molecule has 0 saturated carbocycles. The summed E-state index contributed by atoms with van der Waals surface area (Å²) in [5.41, 5.74) is 0.708. The van der Waals surface area contributed by atoms with Crippen LogP contribution in [0.4, 0.5) is 4.39 Å². The van der Waals surface area contributed by atoms with Crippen LogP contribution in [0.25, 0.3) is 0 Å². The van der Waals surface area contributed by atoms with Crippen molar-refractivity contribution in [2.75, 3.05) is 19.7 Å². The van der Waals surface area contributed by atoms with Gasteiger partial charge in [-0.3, -0.25) is 14.4 Å². The number of Topliss-reactive ketones (excluding diaryl/α,β-unsaturated/α-hetero) is 1. The summed E-state index contributed by atoms with van der Waals surface area (Å²) < 4.78 is 18.1. The molecule has 1 fully saturated rings. The average molecular weight is 307 g/mol. The van der Waals surface area contributed by atoms with Gasteiger partial charge in [0.1, 0.15) is 11.7 Å². The van der Waals surface area contributed by atoms with Gasteiger partial charge < -0.3 is 9.64 Å². The number of hydrogen-bond donors (Lipinski definition) is 0. The number of piperidine rings is 1. The Bertz CT molecular complexity index is 614. The van der Waals surface area contributed by atoms with Crippen molar-refractivity contribution >= 4 is 17.7 Å². The lowest BCUT2D eigenvalue weighted by Crippen LogP contribution is -2.46. The first-order chi connectivity index (χ1) is 10.4. The average Bonchev–Trinajstić information content (AvgIpc) is 2.49. The quantitative estimate of drug-likeness (QED) is 0.630. The minimum absolute atomic E-state index is 0.126. The first-order valence-electron chi connectivity index (χ1n) is 7.18. The SMILES string of the molecule is CCOC(=O)C1CCN(C(=O)c2ccc(F)c(C)c2)CC1=O. The van der Waals surface area contributed by atoms with E-state index in [-0.39, 0.29) is 37.1 Å². The third-order valence-electron chi connectivity index (χ3n) is 3.69. The van der Waals surface area contributed by atoms with E-state index >= 15 is 0 Å². The lowest BCUT2D eigenvalue weighted by atomic mass is 9.95. The summed E-state index contributed by atoms with van der Waals surface area (Å²) in [6.45, 7) is 3.64. The number of benzene rings is 1. The van der Waals surface area contributed by atoms with Gasteiger partial charge >= 0.3 is 5.97 Å². The van der Waals surface area contributed by atoms with Gasteiger partial charge in [0.25, 0.3) is 5.91 Å². The molecular weight excluding hydrogens is 289 g/mol. The minimum Gasteiger partial charge on any atom is -0.465 e. The number of amides is 1. The Labute approximate surface area is 128 Å². The number of rotatable bonds is 3. The number of ether oxygens (including phenoxy) is 1. The summed E-state index contributed by atoms with van der Waals surface area (Å²) in [6.07, 6.45) is 0.254. The van der Waals surface area contributed by atoms with E-state index in [2.05, 4.69) is 0 Å². The maximum absolute atomic E-state index is 13.2. The van der Waals surface area contributed by atoms with E-state index in [4.69, 9.17) is 4.74 Å². The Kier molecular flexibility index (Phi) is 4.90. The molecular formula is C16H18FNO4. The molecule has 1 unspecified atom stereocenters. The minimum atomic E-state index is -0.793. The number of esters is 1. The Morgan fingerprint density at radius 2 is 2.14 bits per heavy atom. The van der Waals surface area contributed by atoms with Crippen LogP contribution in [0.5, 0.6) is 0 Å². The highest BCUT2D eigenvalue weighted by atomic mass is 19.1. The number of halogens is 1. The van der Waals surface area contributed by atoms with Gasteiger partial charge in [-0.1, -0.05) is 0 Å². The standard InChI is InChI=1S/C16H18FNO4/c1-3-22-16(21)12-6-7-18(9-14(12)19)15(20)11-4-5-13(17)10(2)8-11/h4-5,8,12H,3,6-7,9H2,1-2H3. The fraction of sp³-hybridized carbons (Fsp3) is 0.438. The van der Waals surface area contributed by atoms with Crippen LogP contribution in [0.15, 0.2) is 18.2 Å². The molecule has 0 N–H and O–H groups in total. The van der Waals surface area contributed by atoms with Gasteiger partial charge in [0, 0.05) is 12.1 Å². The molecule has 0 spiro atoms. The largest absolute Gasteiger partial charge is 0.465 e. The van der Waals surface area contributed by atoms with Crippen LogP contribution >= 0.6 is 0 Å². The van der Waals surface area contributed by atoms with E-state index in [1.54, 1.807) is 13.8 Å². The van der Waals surface area contributed by atoms with Crippen LogP contribution < -0.4 is 0 Å². The van der Waals surface area contributed by atoms with Gasteiger partial charge in [-0.25, -0.2) is 4.39 Å². The number of likely N-dealkylation sites (tertiary alicyclic amines) is 1. The molecule has 118 valence electrons. The predicted octanol–water partition coefficient (Wildman–Crippen LogP) is 1.73. The van der Waals surface area contributed by atoms with Crippen molar-refractivity contribution in [1.82, 2.24) is 4.90 Å². The summed E-state index contributed by atoms with van der Waals surface area (Å²) >= 11 is 0. The number of carbonyl (C=O) groups excluding carboxylic acids is 3. The van der Waals surface area contributed by atoms with Crippen molar-refractivity contribution in [3.8, 4) is 0 Å². The molecule has 1 heterocycles. The third-order valence-corrected chi connectivity index (χ3v) is 3.69. The molecule has 1 amide bonds. The van der Waals surface area contributed by atoms with Crippen molar-refractivity contribution in [2.24, 2.45) is 5.92 Å². The molecule has 1 saturated heterocycles. The summed E-state index contributed by atoms with van der Waals surface area (Å²) in [7, 11) is 0. The lowest BCUT2D eigenvalue weighted by molar-refractivity contribution is -0.153. The van der Waals surface area contributed by atoms with Crippen LogP contribution in [0.1, 0.15) is 29.3 Å². The smallest absolute Gasteiger partial charge is 0.316 e. The highest BCUT2D eigenvalue weighted by molar-refractivity contribution is 6.04. The molecule has 1 aliphatic rings. The number of aryl methyl sites for hydroxylation is 1. The summed E-state index contributed by atoms with van der Waals surface area (Å²) in [6, 6.07) is 4.09. The van der Waals surface area contributed by atoms with Crippen LogP contribution in [0, 0.1) is 18.7 Å². The van der Waals surface area contributed by atoms with Gasteiger partial charge in [-0.15, -0.1) is 0 Å². The second-order valence-electron chi connectivity index (χ2n) is 5.25. The summed E-state index contributed by atoms with van der Waals surface area (Å²) in [4.78, 5) is 37.4. The van der Waals surface area contributed by atoms with E-state index in [1.165, 1.54) is 23.1 Å². The van der Waals surface area contributed by atoms with Gasteiger partial charge in [0.15, 0.2) is 5.78 Å². The van der Waals surface area contributed by atoms with Gasteiger partial charge in [0.2, 0.25) is 0 Å². The second-order valence-corrected chi connectivity index (χ2v) is 5.25. The fourth-order valence-corrected chi connectivity index (χ4v) is 2.45. The molecule has 0 bridgehead atoms. The van der Waals surface area contributed by atoms with E-state index in [1.807, 2.05) is 0 Å². The van der Waals surface area contributed by atoms with Crippen molar-refractivity contribution < 1.29 is 23.5 Å². The number of hydrogen-bond acceptors (Lipinski definition) is 4. The molecule has 5 nitrogen and oxygen atoms in total. The monoisotopic (exact) mass is 307 g/mol. The number of carbonyl (C=O) groups is 3. The fourth-order valence-electron chi connectivity index (χ4n) is 2.45. The first kappa shape index (κ1) is 16.1. The van der Waals surface area contributed by atoms with E-state index in [9.17, 15) is 18.8 Å². The van der Waals surface area contributed by atoms with Crippen molar-refractivity contribution in [2.45, 2.75) is 20.3 Å². The second kappa shape index (κ2) is 6.68. The van der Waals surface area contributed by atoms with Crippen LogP contribution in [-0.4, -0.2) is 42.3 Å². The van der Waals surface area contributed by atoms with Crippen molar-refractivity contribution in [1.29, 1.82) is 0 Å². The van der Waals surface area contributed by atoms with Gasteiger partial charge in [0.05, 0.1) is 13.2 Å². The zero-order valence-electron chi connectivity index (χ0n) is 12.6. The predicted molar refractivity (Wildman–Crippen MR) is 76.8 cm³/mol. The highest BCUT2D eigenvalue weighted by Crippen LogP contribution is 2.19. The Balaban J connectivity index is 2.06. The van der Waals surface area contributed by atoms with Crippen LogP contribution in [-0.2, 0) is 14.3 Å². The molecule has 0 aromatic heterocycles. The summed E-state index contributed by atoms with van der Waals surface area (Å²) in [5.74, 6) is -2.36. The Hall–Kier alpha value is -2.24. The maximum atomic E-state index is 13.2. The van der Waals surface area contributed by atoms with Crippen LogP contribution in [0.3, 0.4) is 0 Å². The topological polar surface area (TPSA) is 63.7 Å². The van der Waals surface area contributed by atoms with E-state index in [0.29, 0.717) is 17.7 Å². The Morgan fingerprint density at radius 3 is 2.73 bits per heavy atom.